The highest BCUT2D eigenvalue weighted by molar-refractivity contribution is 6.36. The van der Waals surface area contributed by atoms with Crippen LogP contribution in [0.15, 0.2) is 60.8 Å². The monoisotopic (exact) mass is 399 g/mol. The van der Waals surface area contributed by atoms with Crippen molar-refractivity contribution in [1.29, 1.82) is 0 Å². The van der Waals surface area contributed by atoms with Crippen molar-refractivity contribution in [2.24, 2.45) is 0 Å². The zero-order chi connectivity index (χ0) is 19.0. The van der Waals surface area contributed by atoms with E-state index in [2.05, 4.69) is 10.3 Å². The maximum Gasteiger partial charge on any atom is 0.262 e. The van der Waals surface area contributed by atoms with Gasteiger partial charge in [-0.3, -0.25) is 14.7 Å². The largest absolute Gasteiger partial charge is 0.497 e. The fraction of sp³-hybridized carbons (Fsp3) is 0.100. The summed E-state index contributed by atoms with van der Waals surface area (Å²) >= 11 is 12.3. The molecule has 1 aliphatic rings. The van der Waals surface area contributed by atoms with Crippen LogP contribution in [-0.4, -0.2) is 18.0 Å². The smallest absolute Gasteiger partial charge is 0.262 e. The molecule has 0 saturated heterocycles. The zero-order valence-corrected chi connectivity index (χ0v) is 15.8. The maximum atomic E-state index is 13.1. The molecule has 4 rings (SSSR count). The minimum absolute atomic E-state index is 0.133. The van der Waals surface area contributed by atoms with E-state index in [0.717, 1.165) is 5.69 Å². The topological polar surface area (TPSA) is 54.5 Å². The lowest BCUT2D eigenvalue weighted by atomic mass is 10.2. The van der Waals surface area contributed by atoms with E-state index in [4.69, 9.17) is 27.9 Å². The third-order valence-electron chi connectivity index (χ3n) is 4.38. The van der Waals surface area contributed by atoms with Crippen molar-refractivity contribution >= 4 is 40.5 Å². The minimum atomic E-state index is -0.499. The molecule has 1 N–H and O–H groups in total. The van der Waals surface area contributed by atoms with Gasteiger partial charge < -0.3 is 10.1 Å². The van der Waals surface area contributed by atoms with E-state index in [1.807, 2.05) is 24.3 Å². The molecule has 1 atom stereocenters. The molecule has 1 unspecified atom stereocenters. The van der Waals surface area contributed by atoms with Gasteiger partial charge in [-0.1, -0.05) is 23.2 Å². The van der Waals surface area contributed by atoms with Gasteiger partial charge in [-0.15, -0.1) is 0 Å². The molecule has 0 fully saturated rings. The molecular weight excluding hydrogens is 385 g/mol. The van der Waals surface area contributed by atoms with Gasteiger partial charge in [0.05, 0.1) is 29.1 Å². The van der Waals surface area contributed by atoms with Crippen molar-refractivity contribution in [2.75, 3.05) is 17.3 Å². The van der Waals surface area contributed by atoms with E-state index in [0.29, 0.717) is 32.7 Å². The number of benzene rings is 2. The van der Waals surface area contributed by atoms with Crippen molar-refractivity contribution < 1.29 is 9.53 Å². The number of methoxy groups -OCH3 is 1. The van der Waals surface area contributed by atoms with Crippen LogP contribution < -0.4 is 15.0 Å². The van der Waals surface area contributed by atoms with Gasteiger partial charge >= 0.3 is 0 Å². The molecule has 1 amide bonds. The molecule has 3 aromatic rings. The first-order chi connectivity index (χ1) is 13.1. The van der Waals surface area contributed by atoms with E-state index in [1.165, 1.54) is 0 Å². The van der Waals surface area contributed by atoms with Crippen LogP contribution in [0.1, 0.15) is 22.2 Å². The molecular formula is C20H15Cl2N3O2. The van der Waals surface area contributed by atoms with Crippen molar-refractivity contribution in [2.45, 2.75) is 6.17 Å². The Morgan fingerprint density at radius 1 is 1.11 bits per heavy atom. The van der Waals surface area contributed by atoms with Gasteiger partial charge in [-0.05, 0) is 54.6 Å². The second-order valence-electron chi connectivity index (χ2n) is 5.98. The molecule has 0 aliphatic carbocycles. The van der Waals surface area contributed by atoms with Crippen LogP contribution in [0.4, 0.5) is 11.4 Å². The molecule has 0 saturated carbocycles. The molecule has 2 heterocycles. The summed E-state index contributed by atoms with van der Waals surface area (Å²) in [6.07, 6.45) is 1.17. The van der Waals surface area contributed by atoms with Crippen LogP contribution in [0.25, 0.3) is 0 Å². The quantitative estimate of drug-likeness (QED) is 0.657. The predicted octanol–water partition coefficient (Wildman–Crippen LogP) is 5.17. The summed E-state index contributed by atoms with van der Waals surface area (Å²) in [7, 11) is 1.60. The molecule has 1 aliphatic heterocycles. The van der Waals surface area contributed by atoms with Crippen molar-refractivity contribution in [3.8, 4) is 5.75 Å². The van der Waals surface area contributed by atoms with Gasteiger partial charge in [0, 0.05) is 16.9 Å². The number of carbonyl (C=O) groups excluding carboxylic acids is 1. The molecule has 136 valence electrons. The number of pyridine rings is 1. The molecule has 27 heavy (non-hydrogen) atoms. The van der Waals surface area contributed by atoms with Crippen molar-refractivity contribution in [3.63, 3.8) is 0 Å². The Morgan fingerprint density at radius 2 is 1.89 bits per heavy atom. The van der Waals surface area contributed by atoms with E-state index >= 15 is 0 Å². The lowest BCUT2D eigenvalue weighted by Crippen LogP contribution is -2.32. The van der Waals surface area contributed by atoms with E-state index in [-0.39, 0.29) is 5.91 Å². The number of amides is 1. The summed E-state index contributed by atoms with van der Waals surface area (Å²) in [6.45, 7) is 0. The summed E-state index contributed by atoms with van der Waals surface area (Å²) in [5.74, 6) is 0.581. The zero-order valence-electron chi connectivity index (χ0n) is 14.3. The number of fused-ring (bicyclic) bond motifs is 1. The van der Waals surface area contributed by atoms with Gasteiger partial charge in [-0.2, -0.15) is 0 Å². The highest BCUT2D eigenvalue weighted by Crippen LogP contribution is 2.39. The van der Waals surface area contributed by atoms with Crippen LogP contribution in [0.2, 0.25) is 10.0 Å². The van der Waals surface area contributed by atoms with Crippen LogP contribution >= 0.6 is 23.2 Å². The number of hydrogen-bond acceptors (Lipinski definition) is 4. The summed E-state index contributed by atoms with van der Waals surface area (Å²) < 4.78 is 5.21. The van der Waals surface area contributed by atoms with Crippen molar-refractivity contribution in [3.05, 3.63) is 82.1 Å². The number of halogens is 2. The third kappa shape index (κ3) is 3.20. The average molecular weight is 400 g/mol. The van der Waals surface area contributed by atoms with Gasteiger partial charge in [0.1, 0.15) is 5.75 Å². The van der Waals surface area contributed by atoms with Gasteiger partial charge in [0.15, 0.2) is 6.17 Å². The number of aromatic nitrogens is 1. The molecule has 0 spiro atoms. The molecule has 0 bridgehead atoms. The number of rotatable bonds is 4. The molecule has 2 aromatic carbocycles. The van der Waals surface area contributed by atoms with Crippen LogP contribution in [-0.2, 0) is 0 Å². The number of carbonyl (C=O) groups is 1. The number of ether oxygens (including phenoxy) is 1. The second kappa shape index (κ2) is 7.10. The lowest BCUT2D eigenvalue weighted by molar-refractivity contribution is 0.0993. The van der Waals surface area contributed by atoms with Crippen molar-refractivity contribution in [1.82, 2.24) is 4.98 Å². The normalized spacial score (nSPS) is 15.6. The molecule has 7 heteroatoms. The van der Waals surface area contributed by atoms with Gasteiger partial charge in [0.25, 0.3) is 5.91 Å². The van der Waals surface area contributed by atoms with Crippen LogP contribution in [0, 0.1) is 0 Å². The number of nitrogens with one attached hydrogen (secondary N) is 1. The first-order valence-corrected chi connectivity index (χ1v) is 8.98. The lowest BCUT2D eigenvalue weighted by Gasteiger charge is -2.27. The number of anilines is 2. The summed E-state index contributed by atoms with van der Waals surface area (Å²) in [5.41, 5.74) is 2.58. The molecule has 5 nitrogen and oxygen atoms in total. The third-order valence-corrected chi connectivity index (χ3v) is 4.93. The van der Waals surface area contributed by atoms with Crippen LogP contribution in [0.5, 0.6) is 5.75 Å². The van der Waals surface area contributed by atoms with Gasteiger partial charge in [0.2, 0.25) is 0 Å². The summed E-state index contributed by atoms with van der Waals surface area (Å²) in [6, 6.07) is 16.0. The Hall–Kier alpha value is -2.76. The Bertz CT molecular complexity index is 1010. The molecule has 1 aromatic heterocycles. The number of nitrogens with zero attached hydrogens (tertiary/aromatic N) is 2. The second-order valence-corrected chi connectivity index (χ2v) is 6.82. The SMILES string of the molecule is COc1ccc(N2C(=O)c3cccnc3C2Nc2ccc(Cl)cc2Cl)cc1. The Balaban J connectivity index is 1.77. The van der Waals surface area contributed by atoms with E-state index in [9.17, 15) is 4.79 Å². The van der Waals surface area contributed by atoms with Crippen LogP contribution in [0.3, 0.4) is 0 Å². The number of hydrogen-bond donors (Lipinski definition) is 1. The molecule has 0 radical (unpaired) electrons. The van der Waals surface area contributed by atoms with Gasteiger partial charge in [-0.25, -0.2) is 0 Å². The fourth-order valence-corrected chi connectivity index (χ4v) is 3.54. The first-order valence-electron chi connectivity index (χ1n) is 8.22. The summed E-state index contributed by atoms with van der Waals surface area (Å²) in [5, 5.41) is 4.33. The van der Waals surface area contributed by atoms with E-state index in [1.54, 1.807) is 48.5 Å². The highest BCUT2D eigenvalue weighted by Gasteiger charge is 2.39. The predicted molar refractivity (Wildman–Crippen MR) is 107 cm³/mol. The first kappa shape index (κ1) is 17.6. The summed E-state index contributed by atoms with van der Waals surface area (Å²) in [4.78, 5) is 19.1. The van der Waals surface area contributed by atoms with E-state index < -0.39 is 6.17 Å². The Labute approximate surface area is 166 Å². The Morgan fingerprint density at radius 3 is 2.59 bits per heavy atom. The highest BCUT2D eigenvalue weighted by atomic mass is 35.5. The minimum Gasteiger partial charge on any atom is -0.497 e. The standard InChI is InChI=1S/C20H15Cl2N3O2/c1-27-14-7-5-13(6-8-14)25-19(18-15(20(25)26)3-2-10-23-18)24-17-9-4-12(21)11-16(17)22/h2-11,19,24H,1H3. The fourth-order valence-electron chi connectivity index (χ4n) is 3.08. The Kier molecular flexibility index (Phi) is 4.64. The average Bonchev–Trinajstić information content (AvgIpc) is 2.96. The maximum absolute atomic E-state index is 13.1.